The Labute approximate surface area is 98.2 Å². The highest BCUT2D eigenvalue weighted by molar-refractivity contribution is 5.69. The lowest BCUT2D eigenvalue weighted by molar-refractivity contribution is -0.147. The van der Waals surface area contributed by atoms with Gasteiger partial charge in [-0.25, -0.2) is 0 Å². The lowest BCUT2D eigenvalue weighted by Crippen LogP contribution is -2.18. The molecule has 94 valence electrons. The van der Waals surface area contributed by atoms with E-state index in [1.807, 2.05) is 6.92 Å². The molecule has 1 aliphatic carbocycles. The zero-order chi connectivity index (χ0) is 11.8. The minimum Gasteiger partial charge on any atom is -0.463 e. The van der Waals surface area contributed by atoms with Gasteiger partial charge in [0.25, 0.3) is 0 Å². The summed E-state index contributed by atoms with van der Waals surface area (Å²) < 4.78 is 5.00. The summed E-state index contributed by atoms with van der Waals surface area (Å²) in [5, 5.41) is 9.25. The van der Waals surface area contributed by atoms with E-state index in [1.165, 1.54) is 32.1 Å². The summed E-state index contributed by atoms with van der Waals surface area (Å²) in [6.07, 6.45) is 8.12. The van der Waals surface area contributed by atoms with E-state index >= 15 is 0 Å². The van der Waals surface area contributed by atoms with Gasteiger partial charge in [0.05, 0.1) is 6.10 Å². The van der Waals surface area contributed by atoms with E-state index < -0.39 is 6.10 Å². The van der Waals surface area contributed by atoms with Crippen molar-refractivity contribution < 1.29 is 14.6 Å². The summed E-state index contributed by atoms with van der Waals surface area (Å²) >= 11 is 0. The molecule has 0 radical (unpaired) electrons. The third-order valence-corrected chi connectivity index (χ3v) is 3.39. The van der Waals surface area contributed by atoms with Crippen molar-refractivity contribution in [2.24, 2.45) is 5.92 Å². The first kappa shape index (κ1) is 13.5. The Morgan fingerprint density at radius 3 is 2.69 bits per heavy atom. The molecule has 0 heterocycles. The molecule has 0 amide bonds. The van der Waals surface area contributed by atoms with Crippen LogP contribution in [0.3, 0.4) is 0 Å². The molecule has 0 bridgehead atoms. The molecule has 3 heteroatoms. The molecule has 1 rings (SSSR count). The number of hydrogen-bond acceptors (Lipinski definition) is 3. The van der Waals surface area contributed by atoms with Gasteiger partial charge in [-0.05, 0) is 18.8 Å². The van der Waals surface area contributed by atoms with Gasteiger partial charge in [0, 0.05) is 6.42 Å². The van der Waals surface area contributed by atoms with Crippen molar-refractivity contribution in [1.29, 1.82) is 0 Å². The summed E-state index contributed by atoms with van der Waals surface area (Å²) in [6.45, 7) is 2.03. The Balaban J connectivity index is 2.05. The number of ether oxygens (including phenoxy) is 1. The lowest BCUT2D eigenvalue weighted by atomic mass is 9.86. The molecule has 1 unspecified atom stereocenters. The van der Waals surface area contributed by atoms with E-state index in [4.69, 9.17) is 4.74 Å². The van der Waals surface area contributed by atoms with Crippen LogP contribution in [0.25, 0.3) is 0 Å². The maximum Gasteiger partial charge on any atom is 0.305 e. The van der Waals surface area contributed by atoms with Gasteiger partial charge in [0.2, 0.25) is 0 Å². The Morgan fingerprint density at radius 2 is 2.06 bits per heavy atom. The van der Waals surface area contributed by atoms with Crippen molar-refractivity contribution in [3.8, 4) is 0 Å². The van der Waals surface area contributed by atoms with Gasteiger partial charge in [-0.15, -0.1) is 0 Å². The molecule has 1 aliphatic rings. The quantitative estimate of drug-likeness (QED) is 0.711. The Kier molecular flexibility index (Phi) is 6.46. The first-order chi connectivity index (χ1) is 7.72. The normalized spacial score (nSPS) is 19.4. The van der Waals surface area contributed by atoms with E-state index in [2.05, 4.69) is 0 Å². The fraction of sp³-hybridized carbons (Fsp3) is 0.923. The van der Waals surface area contributed by atoms with Crippen LogP contribution >= 0.6 is 0 Å². The maximum atomic E-state index is 11.4. The van der Waals surface area contributed by atoms with Crippen LogP contribution in [0.5, 0.6) is 0 Å². The van der Waals surface area contributed by atoms with Gasteiger partial charge in [0.15, 0.2) is 0 Å². The van der Waals surface area contributed by atoms with E-state index in [-0.39, 0.29) is 12.6 Å². The van der Waals surface area contributed by atoms with Gasteiger partial charge in [-0.3, -0.25) is 4.79 Å². The molecule has 1 fully saturated rings. The number of hydrogen-bond donors (Lipinski definition) is 1. The highest BCUT2D eigenvalue weighted by Crippen LogP contribution is 2.27. The predicted molar refractivity (Wildman–Crippen MR) is 63.1 cm³/mol. The van der Waals surface area contributed by atoms with Crippen molar-refractivity contribution in [3.05, 3.63) is 0 Å². The van der Waals surface area contributed by atoms with Gasteiger partial charge >= 0.3 is 5.97 Å². The highest BCUT2D eigenvalue weighted by atomic mass is 16.5. The molecule has 1 N–H and O–H groups in total. The van der Waals surface area contributed by atoms with Gasteiger partial charge in [-0.1, -0.05) is 39.0 Å². The standard InChI is InChI=1S/C13H24O3/c1-2-12(14)10-16-13(15)9-8-11-6-4-3-5-7-11/h11-12,14H,2-10H2,1H3. The van der Waals surface area contributed by atoms with Crippen molar-refractivity contribution in [2.75, 3.05) is 6.61 Å². The van der Waals surface area contributed by atoms with Crippen molar-refractivity contribution >= 4 is 5.97 Å². The van der Waals surface area contributed by atoms with E-state index in [9.17, 15) is 9.90 Å². The van der Waals surface area contributed by atoms with Crippen LogP contribution in [0, 0.1) is 5.92 Å². The Bertz CT molecular complexity index is 197. The molecule has 1 saturated carbocycles. The number of carbonyl (C=O) groups is 1. The number of aliphatic hydroxyl groups is 1. The molecule has 16 heavy (non-hydrogen) atoms. The average Bonchev–Trinajstić information content (AvgIpc) is 2.34. The van der Waals surface area contributed by atoms with Gasteiger partial charge in [0.1, 0.15) is 6.61 Å². The lowest BCUT2D eigenvalue weighted by Gasteiger charge is -2.20. The largest absolute Gasteiger partial charge is 0.463 e. The summed E-state index contributed by atoms with van der Waals surface area (Å²) in [5.74, 6) is 0.565. The van der Waals surface area contributed by atoms with Crippen LogP contribution in [-0.4, -0.2) is 23.8 Å². The van der Waals surface area contributed by atoms with Crippen LogP contribution in [0.15, 0.2) is 0 Å². The summed E-state index contributed by atoms with van der Waals surface area (Å²) in [4.78, 5) is 11.4. The molecule has 3 nitrogen and oxygen atoms in total. The monoisotopic (exact) mass is 228 g/mol. The SMILES string of the molecule is CCC(O)COC(=O)CCC1CCCCC1. The number of esters is 1. The van der Waals surface area contributed by atoms with Crippen LogP contribution in [0.4, 0.5) is 0 Å². The molecule has 0 aromatic carbocycles. The van der Waals surface area contributed by atoms with Crippen molar-refractivity contribution in [3.63, 3.8) is 0 Å². The second-order valence-electron chi connectivity index (χ2n) is 4.79. The van der Waals surface area contributed by atoms with Crippen LogP contribution in [0.2, 0.25) is 0 Å². The first-order valence-electron chi connectivity index (χ1n) is 6.56. The van der Waals surface area contributed by atoms with E-state index in [0.717, 1.165) is 12.3 Å². The molecule has 0 aliphatic heterocycles. The number of carbonyl (C=O) groups excluding carboxylic acids is 1. The smallest absolute Gasteiger partial charge is 0.305 e. The van der Waals surface area contributed by atoms with Gasteiger partial charge < -0.3 is 9.84 Å². The predicted octanol–water partition coefficient (Wildman–Crippen LogP) is 2.66. The first-order valence-corrected chi connectivity index (χ1v) is 6.56. The molecule has 0 aromatic rings. The summed E-state index contributed by atoms with van der Waals surface area (Å²) in [5.41, 5.74) is 0. The Morgan fingerprint density at radius 1 is 1.38 bits per heavy atom. The zero-order valence-corrected chi connectivity index (χ0v) is 10.3. The number of rotatable bonds is 6. The zero-order valence-electron chi connectivity index (χ0n) is 10.3. The molecular weight excluding hydrogens is 204 g/mol. The Hall–Kier alpha value is -0.570. The third kappa shape index (κ3) is 5.50. The summed E-state index contributed by atoms with van der Waals surface area (Å²) in [7, 11) is 0. The fourth-order valence-electron chi connectivity index (χ4n) is 2.18. The summed E-state index contributed by atoms with van der Waals surface area (Å²) in [6, 6.07) is 0. The average molecular weight is 228 g/mol. The molecule has 1 atom stereocenters. The molecule has 0 spiro atoms. The molecule has 0 saturated heterocycles. The topological polar surface area (TPSA) is 46.5 Å². The van der Waals surface area contributed by atoms with Gasteiger partial charge in [-0.2, -0.15) is 0 Å². The second kappa shape index (κ2) is 7.66. The van der Waals surface area contributed by atoms with Crippen LogP contribution < -0.4 is 0 Å². The minimum absolute atomic E-state index is 0.153. The van der Waals surface area contributed by atoms with E-state index in [0.29, 0.717) is 12.8 Å². The van der Waals surface area contributed by atoms with Crippen LogP contribution in [-0.2, 0) is 9.53 Å². The fourth-order valence-corrected chi connectivity index (χ4v) is 2.18. The number of aliphatic hydroxyl groups excluding tert-OH is 1. The molecular formula is C13H24O3. The third-order valence-electron chi connectivity index (χ3n) is 3.39. The highest BCUT2D eigenvalue weighted by Gasteiger charge is 2.15. The second-order valence-corrected chi connectivity index (χ2v) is 4.79. The van der Waals surface area contributed by atoms with Crippen molar-refractivity contribution in [1.82, 2.24) is 0 Å². The van der Waals surface area contributed by atoms with Crippen LogP contribution in [0.1, 0.15) is 58.3 Å². The molecule has 0 aromatic heterocycles. The minimum atomic E-state index is -0.501. The van der Waals surface area contributed by atoms with Crippen molar-refractivity contribution in [2.45, 2.75) is 64.4 Å². The maximum absolute atomic E-state index is 11.4. The van der Waals surface area contributed by atoms with E-state index in [1.54, 1.807) is 0 Å².